The van der Waals surface area contributed by atoms with Crippen LogP contribution in [-0.4, -0.2) is 66.9 Å². The number of benzene rings is 2. The highest BCUT2D eigenvalue weighted by molar-refractivity contribution is 5.93. The summed E-state index contributed by atoms with van der Waals surface area (Å²) in [6.07, 6.45) is 2.90. The molecule has 2 fully saturated rings. The number of para-hydroxylation sites is 1. The number of esters is 1. The van der Waals surface area contributed by atoms with Crippen molar-refractivity contribution in [2.24, 2.45) is 0 Å². The van der Waals surface area contributed by atoms with Gasteiger partial charge in [0.1, 0.15) is 5.82 Å². The number of rotatable bonds is 7. The number of nitrogens with one attached hydrogen (secondary N) is 1. The summed E-state index contributed by atoms with van der Waals surface area (Å²) < 4.78 is 19.3. The lowest BCUT2D eigenvalue weighted by atomic mass is 9.79. The summed E-state index contributed by atoms with van der Waals surface area (Å²) in [6, 6.07) is 12.0. The minimum absolute atomic E-state index is 0.0830. The Morgan fingerprint density at radius 2 is 1.61 bits per heavy atom. The molecule has 1 saturated carbocycles. The lowest BCUT2D eigenvalue weighted by Crippen LogP contribution is -2.51. The summed E-state index contributed by atoms with van der Waals surface area (Å²) in [7, 11) is 0. The Labute approximate surface area is 211 Å². The first kappa shape index (κ1) is 25.8. The molecule has 0 radical (unpaired) electrons. The third kappa shape index (κ3) is 5.75. The molecule has 2 amide bonds. The molecule has 0 atom stereocenters. The molecule has 2 aliphatic rings. The van der Waals surface area contributed by atoms with E-state index in [-0.39, 0.29) is 30.8 Å². The average molecular weight is 496 g/mol. The zero-order chi connectivity index (χ0) is 25.7. The second-order valence-electron chi connectivity index (χ2n) is 9.85. The van der Waals surface area contributed by atoms with Crippen LogP contribution in [0.15, 0.2) is 42.5 Å². The number of halogens is 1. The number of carbonyl (C=O) groups is 3. The molecule has 4 rings (SSSR count). The molecule has 1 heterocycles. The van der Waals surface area contributed by atoms with Crippen molar-refractivity contribution in [2.45, 2.75) is 44.9 Å². The molecule has 192 valence electrons. The van der Waals surface area contributed by atoms with E-state index in [4.69, 9.17) is 4.74 Å². The molecule has 2 aromatic carbocycles. The van der Waals surface area contributed by atoms with E-state index in [0.29, 0.717) is 44.6 Å². The molecular formula is C28H34FN3O4. The summed E-state index contributed by atoms with van der Waals surface area (Å²) in [4.78, 5) is 42.0. The van der Waals surface area contributed by atoms with Gasteiger partial charge < -0.3 is 15.0 Å². The normalized spacial score (nSPS) is 17.6. The monoisotopic (exact) mass is 495 g/mol. The van der Waals surface area contributed by atoms with Crippen LogP contribution in [0.1, 0.15) is 42.4 Å². The van der Waals surface area contributed by atoms with Gasteiger partial charge in [-0.15, -0.1) is 0 Å². The van der Waals surface area contributed by atoms with Gasteiger partial charge in [0.25, 0.3) is 5.91 Å². The molecule has 0 bridgehead atoms. The SMILES string of the molecule is Cc1cccc(C)c1NC(=O)CN1CCN(C(=O)COC(=O)C2(c3cccc(F)c3)CCCC2)CC1. The second kappa shape index (κ2) is 11.2. The van der Waals surface area contributed by atoms with Crippen LogP contribution in [-0.2, 0) is 24.5 Å². The number of aryl methyl sites for hydroxylation is 2. The van der Waals surface area contributed by atoms with E-state index in [1.54, 1.807) is 17.0 Å². The maximum absolute atomic E-state index is 13.8. The van der Waals surface area contributed by atoms with Crippen molar-refractivity contribution in [3.05, 3.63) is 65.0 Å². The van der Waals surface area contributed by atoms with Crippen molar-refractivity contribution in [1.29, 1.82) is 0 Å². The molecule has 7 nitrogen and oxygen atoms in total. The quantitative estimate of drug-likeness (QED) is 0.594. The standard InChI is InChI=1S/C28H34FN3O4/c1-20-7-5-8-21(2)26(20)30-24(33)18-31-13-15-32(16-14-31)25(34)19-36-27(35)28(11-3-4-12-28)22-9-6-10-23(29)17-22/h5-10,17H,3-4,11-16,18-19H2,1-2H3,(H,30,33). The van der Waals surface area contributed by atoms with E-state index in [9.17, 15) is 18.8 Å². The number of ether oxygens (including phenoxy) is 1. The summed E-state index contributed by atoms with van der Waals surface area (Å²) in [6.45, 7) is 5.90. The van der Waals surface area contributed by atoms with Gasteiger partial charge in [-0.2, -0.15) is 0 Å². The van der Waals surface area contributed by atoms with Gasteiger partial charge in [-0.05, 0) is 55.5 Å². The van der Waals surface area contributed by atoms with Gasteiger partial charge in [0.15, 0.2) is 6.61 Å². The number of nitrogens with zero attached hydrogens (tertiary/aromatic N) is 2. The number of anilines is 1. The minimum Gasteiger partial charge on any atom is -0.455 e. The highest BCUT2D eigenvalue weighted by Crippen LogP contribution is 2.42. The first-order valence-electron chi connectivity index (χ1n) is 12.6. The van der Waals surface area contributed by atoms with Crippen LogP contribution in [0.3, 0.4) is 0 Å². The number of hydrogen-bond donors (Lipinski definition) is 1. The van der Waals surface area contributed by atoms with Crippen molar-refractivity contribution >= 4 is 23.5 Å². The van der Waals surface area contributed by atoms with Crippen LogP contribution >= 0.6 is 0 Å². The van der Waals surface area contributed by atoms with Crippen molar-refractivity contribution in [1.82, 2.24) is 9.80 Å². The lowest BCUT2D eigenvalue weighted by molar-refractivity contribution is -0.157. The van der Waals surface area contributed by atoms with Crippen LogP contribution in [0.2, 0.25) is 0 Å². The smallest absolute Gasteiger partial charge is 0.317 e. The predicted octanol–water partition coefficient (Wildman–Crippen LogP) is 3.58. The van der Waals surface area contributed by atoms with Crippen LogP contribution in [0.4, 0.5) is 10.1 Å². The molecule has 8 heteroatoms. The molecule has 0 aromatic heterocycles. The maximum atomic E-state index is 13.8. The third-order valence-corrected chi connectivity index (χ3v) is 7.39. The fraction of sp³-hybridized carbons (Fsp3) is 0.464. The molecule has 1 aliphatic heterocycles. The topological polar surface area (TPSA) is 79.0 Å². The minimum atomic E-state index is -0.885. The van der Waals surface area contributed by atoms with Gasteiger partial charge in [0.05, 0.1) is 12.0 Å². The maximum Gasteiger partial charge on any atom is 0.317 e. The van der Waals surface area contributed by atoms with E-state index >= 15 is 0 Å². The van der Waals surface area contributed by atoms with Crippen LogP contribution in [0, 0.1) is 19.7 Å². The molecule has 2 aromatic rings. The van der Waals surface area contributed by atoms with Crippen molar-refractivity contribution in [2.75, 3.05) is 44.6 Å². The van der Waals surface area contributed by atoms with Gasteiger partial charge in [0, 0.05) is 31.9 Å². The summed E-state index contributed by atoms with van der Waals surface area (Å²) >= 11 is 0. The summed E-state index contributed by atoms with van der Waals surface area (Å²) in [5.74, 6) is -1.18. The van der Waals surface area contributed by atoms with Gasteiger partial charge in [-0.25, -0.2) is 4.39 Å². The Bertz CT molecular complexity index is 1100. The van der Waals surface area contributed by atoms with Gasteiger partial charge >= 0.3 is 5.97 Å². The molecule has 1 N–H and O–H groups in total. The Morgan fingerprint density at radius 3 is 2.25 bits per heavy atom. The number of piperazine rings is 1. The van der Waals surface area contributed by atoms with E-state index < -0.39 is 11.4 Å². The van der Waals surface area contributed by atoms with Crippen LogP contribution < -0.4 is 5.32 Å². The summed E-state index contributed by atoms with van der Waals surface area (Å²) in [5.41, 5.74) is 2.61. The molecular weight excluding hydrogens is 461 g/mol. The Kier molecular flexibility index (Phi) is 8.04. The zero-order valence-electron chi connectivity index (χ0n) is 21.0. The van der Waals surface area contributed by atoms with E-state index in [1.807, 2.05) is 36.9 Å². The Hall–Kier alpha value is -3.26. The zero-order valence-corrected chi connectivity index (χ0v) is 21.0. The Morgan fingerprint density at radius 1 is 0.972 bits per heavy atom. The highest BCUT2D eigenvalue weighted by atomic mass is 19.1. The lowest BCUT2D eigenvalue weighted by Gasteiger charge is -2.34. The third-order valence-electron chi connectivity index (χ3n) is 7.39. The van der Waals surface area contributed by atoms with Crippen LogP contribution in [0.5, 0.6) is 0 Å². The molecule has 1 aliphatic carbocycles. The first-order chi connectivity index (χ1) is 17.3. The number of carbonyl (C=O) groups excluding carboxylic acids is 3. The average Bonchev–Trinajstić information content (AvgIpc) is 3.37. The second-order valence-corrected chi connectivity index (χ2v) is 9.85. The molecule has 1 saturated heterocycles. The summed E-state index contributed by atoms with van der Waals surface area (Å²) in [5, 5.41) is 3.00. The number of hydrogen-bond acceptors (Lipinski definition) is 5. The predicted molar refractivity (Wildman–Crippen MR) is 135 cm³/mol. The van der Waals surface area contributed by atoms with Gasteiger partial charge in [-0.3, -0.25) is 19.3 Å². The van der Waals surface area contributed by atoms with Crippen molar-refractivity contribution in [3.8, 4) is 0 Å². The van der Waals surface area contributed by atoms with Crippen molar-refractivity contribution < 1.29 is 23.5 Å². The molecule has 0 spiro atoms. The van der Waals surface area contributed by atoms with Gasteiger partial charge in [0.2, 0.25) is 5.91 Å². The van der Waals surface area contributed by atoms with E-state index in [1.165, 1.54) is 12.1 Å². The molecule has 0 unspecified atom stereocenters. The van der Waals surface area contributed by atoms with E-state index in [0.717, 1.165) is 29.7 Å². The fourth-order valence-electron chi connectivity index (χ4n) is 5.28. The van der Waals surface area contributed by atoms with Gasteiger partial charge in [-0.1, -0.05) is 43.2 Å². The molecule has 36 heavy (non-hydrogen) atoms. The van der Waals surface area contributed by atoms with Crippen molar-refractivity contribution in [3.63, 3.8) is 0 Å². The van der Waals surface area contributed by atoms with Crippen LogP contribution in [0.25, 0.3) is 0 Å². The Balaban J connectivity index is 1.25. The van der Waals surface area contributed by atoms with E-state index in [2.05, 4.69) is 5.32 Å². The first-order valence-corrected chi connectivity index (χ1v) is 12.6. The highest BCUT2D eigenvalue weighted by Gasteiger charge is 2.44. The largest absolute Gasteiger partial charge is 0.455 e. The fourth-order valence-corrected chi connectivity index (χ4v) is 5.28. The number of amides is 2.